The van der Waals surface area contributed by atoms with Crippen molar-refractivity contribution in [3.05, 3.63) is 18.1 Å². The largest absolute Gasteiger partial charge is 0.369 e. The van der Waals surface area contributed by atoms with E-state index in [9.17, 15) is 0 Å². The summed E-state index contributed by atoms with van der Waals surface area (Å²) in [5.74, 6) is 2.12. The third kappa shape index (κ3) is 4.46. The molecule has 78 valence electrons. The van der Waals surface area contributed by atoms with Gasteiger partial charge in [-0.3, -0.25) is 4.98 Å². The molecule has 0 saturated heterocycles. The van der Waals surface area contributed by atoms with Crippen LogP contribution in [0, 0.1) is 6.92 Å². The lowest BCUT2D eigenvalue weighted by molar-refractivity contribution is 0.838. The molecule has 0 aliphatic carbocycles. The fourth-order valence-electron chi connectivity index (χ4n) is 1.14. The minimum absolute atomic E-state index is 0.883. The van der Waals surface area contributed by atoms with Gasteiger partial charge in [0.2, 0.25) is 0 Å². The Morgan fingerprint density at radius 1 is 1.36 bits per heavy atom. The van der Waals surface area contributed by atoms with Gasteiger partial charge in [-0.2, -0.15) is 11.8 Å². The van der Waals surface area contributed by atoms with Crippen molar-refractivity contribution < 1.29 is 0 Å². The Balaban J connectivity index is 2.18. The molecule has 1 rings (SSSR count). The fourth-order valence-corrected chi connectivity index (χ4v) is 1.63. The van der Waals surface area contributed by atoms with Crippen LogP contribution in [0.4, 0.5) is 5.82 Å². The molecule has 0 fully saturated rings. The van der Waals surface area contributed by atoms with E-state index in [0.717, 1.165) is 18.1 Å². The van der Waals surface area contributed by atoms with Gasteiger partial charge in [0.15, 0.2) is 0 Å². The molecule has 0 atom stereocenters. The van der Waals surface area contributed by atoms with Gasteiger partial charge in [-0.25, -0.2) is 4.98 Å². The molecule has 0 aliphatic rings. The molecular weight excluding hydrogens is 194 g/mol. The lowest BCUT2D eigenvalue weighted by atomic mass is 10.3. The van der Waals surface area contributed by atoms with Gasteiger partial charge < -0.3 is 5.32 Å². The highest BCUT2D eigenvalue weighted by atomic mass is 32.2. The summed E-state index contributed by atoms with van der Waals surface area (Å²) >= 11 is 1.89. The van der Waals surface area contributed by atoms with Gasteiger partial charge in [0, 0.05) is 12.7 Å². The summed E-state index contributed by atoms with van der Waals surface area (Å²) in [5, 5.41) is 3.26. The molecule has 14 heavy (non-hydrogen) atoms. The van der Waals surface area contributed by atoms with Crippen LogP contribution in [0.25, 0.3) is 0 Å². The predicted octanol–water partition coefficient (Wildman–Crippen LogP) is 2.34. The van der Waals surface area contributed by atoms with Crippen LogP contribution >= 0.6 is 11.8 Å². The number of nitrogens with one attached hydrogen (secondary N) is 1. The summed E-state index contributed by atoms with van der Waals surface area (Å²) in [7, 11) is 0. The van der Waals surface area contributed by atoms with E-state index in [1.54, 1.807) is 12.4 Å². The molecule has 0 unspecified atom stereocenters. The molecular formula is C10H17N3S. The van der Waals surface area contributed by atoms with Crippen LogP contribution in [0.5, 0.6) is 0 Å². The number of unbranched alkanes of at least 4 members (excludes halogenated alkanes) is 1. The number of rotatable bonds is 6. The SMILES string of the molecule is CSCCCCNc1cncc(C)n1. The minimum atomic E-state index is 0.883. The smallest absolute Gasteiger partial charge is 0.144 e. The van der Waals surface area contributed by atoms with Gasteiger partial charge in [0.05, 0.1) is 11.9 Å². The van der Waals surface area contributed by atoms with Gasteiger partial charge in [-0.15, -0.1) is 0 Å². The summed E-state index contributed by atoms with van der Waals surface area (Å²) in [6, 6.07) is 0. The van der Waals surface area contributed by atoms with Crippen LogP contribution in [-0.2, 0) is 0 Å². The van der Waals surface area contributed by atoms with Crippen LogP contribution < -0.4 is 5.32 Å². The van der Waals surface area contributed by atoms with E-state index in [2.05, 4.69) is 21.5 Å². The molecule has 1 aromatic rings. The molecule has 0 amide bonds. The Morgan fingerprint density at radius 3 is 2.93 bits per heavy atom. The van der Waals surface area contributed by atoms with Crippen molar-refractivity contribution in [1.82, 2.24) is 9.97 Å². The highest BCUT2D eigenvalue weighted by Gasteiger charge is 1.93. The molecule has 0 aromatic carbocycles. The lowest BCUT2D eigenvalue weighted by Crippen LogP contribution is -2.04. The molecule has 0 saturated carbocycles. The second-order valence-electron chi connectivity index (χ2n) is 3.17. The first kappa shape index (κ1) is 11.3. The van der Waals surface area contributed by atoms with Crippen molar-refractivity contribution in [2.75, 3.05) is 23.9 Å². The van der Waals surface area contributed by atoms with Gasteiger partial charge in [0.1, 0.15) is 5.82 Å². The second-order valence-corrected chi connectivity index (χ2v) is 4.16. The molecule has 4 heteroatoms. The first-order chi connectivity index (χ1) is 6.83. The first-order valence-electron chi connectivity index (χ1n) is 4.84. The average Bonchev–Trinajstić information content (AvgIpc) is 2.18. The van der Waals surface area contributed by atoms with E-state index in [1.165, 1.54) is 18.6 Å². The molecule has 3 nitrogen and oxygen atoms in total. The van der Waals surface area contributed by atoms with Crippen LogP contribution in [0.1, 0.15) is 18.5 Å². The Labute approximate surface area is 89.7 Å². The zero-order chi connectivity index (χ0) is 10.2. The van der Waals surface area contributed by atoms with Crippen LogP contribution in [-0.4, -0.2) is 28.5 Å². The van der Waals surface area contributed by atoms with Crippen molar-refractivity contribution in [3.63, 3.8) is 0 Å². The zero-order valence-electron chi connectivity index (χ0n) is 8.79. The second kappa shape index (κ2) is 6.65. The molecule has 0 spiro atoms. The highest BCUT2D eigenvalue weighted by molar-refractivity contribution is 7.98. The van der Waals surface area contributed by atoms with Crippen molar-refractivity contribution in [3.8, 4) is 0 Å². The standard InChI is InChI=1S/C10H17N3S/c1-9-7-11-8-10(13-9)12-5-3-4-6-14-2/h7-8H,3-6H2,1-2H3,(H,12,13). The maximum atomic E-state index is 4.31. The third-order valence-corrected chi connectivity index (χ3v) is 2.53. The van der Waals surface area contributed by atoms with E-state index >= 15 is 0 Å². The van der Waals surface area contributed by atoms with E-state index in [1.807, 2.05) is 18.7 Å². The number of hydrogen-bond acceptors (Lipinski definition) is 4. The average molecular weight is 211 g/mol. The quantitative estimate of drug-likeness (QED) is 0.733. The molecule has 0 radical (unpaired) electrons. The van der Waals surface area contributed by atoms with Crippen LogP contribution in [0.3, 0.4) is 0 Å². The van der Waals surface area contributed by atoms with E-state index < -0.39 is 0 Å². The summed E-state index contributed by atoms with van der Waals surface area (Å²) in [6.45, 7) is 2.94. The third-order valence-electron chi connectivity index (χ3n) is 1.84. The maximum Gasteiger partial charge on any atom is 0.144 e. The molecule has 1 N–H and O–H groups in total. The topological polar surface area (TPSA) is 37.8 Å². The van der Waals surface area contributed by atoms with Crippen molar-refractivity contribution in [2.45, 2.75) is 19.8 Å². The first-order valence-corrected chi connectivity index (χ1v) is 6.24. The van der Waals surface area contributed by atoms with Gasteiger partial charge >= 0.3 is 0 Å². The van der Waals surface area contributed by atoms with Crippen molar-refractivity contribution >= 4 is 17.6 Å². The van der Waals surface area contributed by atoms with Crippen molar-refractivity contribution in [2.24, 2.45) is 0 Å². The van der Waals surface area contributed by atoms with Gasteiger partial charge in [-0.1, -0.05) is 0 Å². The van der Waals surface area contributed by atoms with E-state index in [4.69, 9.17) is 0 Å². The number of aryl methyl sites for hydroxylation is 1. The monoisotopic (exact) mass is 211 g/mol. The number of aromatic nitrogens is 2. The highest BCUT2D eigenvalue weighted by Crippen LogP contribution is 2.03. The van der Waals surface area contributed by atoms with Crippen LogP contribution in [0.2, 0.25) is 0 Å². The Bertz CT molecular complexity index is 265. The zero-order valence-corrected chi connectivity index (χ0v) is 9.60. The normalized spacial score (nSPS) is 10.1. The molecule has 0 aliphatic heterocycles. The fraction of sp³-hybridized carbons (Fsp3) is 0.600. The number of anilines is 1. The van der Waals surface area contributed by atoms with E-state index in [0.29, 0.717) is 0 Å². The number of thioether (sulfide) groups is 1. The molecule has 1 heterocycles. The number of nitrogens with zero attached hydrogens (tertiary/aromatic N) is 2. The molecule has 1 aromatic heterocycles. The summed E-state index contributed by atoms with van der Waals surface area (Å²) in [5.41, 5.74) is 0.958. The summed E-state index contributed by atoms with van der Waals surface area (Å²) < 4.78 is 0. The summed E-state index contributed by atoms with van der Waals surface area (Å²) in [4.78, 5) is 8.38. The van der Waals surface area contributed by atoms with E-state index in [-0.39, 0.29) is 0 Å². The predicted molar refractivity (Wildman–Crippen MR) is 62.9 cm³/mol. The van der Waals surface area contributed by atoms with Gasteiger partial charge in [-0.05, 0) is 31.8 Å². The van der Waals surface area contributed by atoms with Gasteiger partial charge in [0.25, 0.3) is 0 Å². The Morgan fingerprint density at radius 2 is 2.21 bits per heavy atom. The lowest BCUT2D eigenvalue weighted by Gasteiger charge is -2.04. The van der Waals surface area contributed by atoms with Crippen molar-refractivity contribution in [1.29, 1.82) is 0 Å². The maximum absolute atomic E-state index is 4.31. The minimum Gasteiger partial charge on any atom is -0.369 e. The number of hydrogen-bond donors (Lipinski definition) is 1. The Hall–Kier alpha value is -0.770. The molecule has 0 bridgehead atoms. The Kier molecular flexibility index (Phi) is 5.37. The van der Waals surface area contributed by atoms with Crippen LogP contribution in [0.15, 0.2) is 12.4 Å². The summed E-state index contributed by atoms with van der Waals surface area (Å²) in [6.07, 6.45) is 8.11.